The van der Waals surface area contributed by atoms with Crippen molar-refractivity contribution >= 4 is 29.5 Å². The van der Waals surface area contributed by atoms with Gasteiger partial charge in [0.15, 0.2) is 0 Å². The van der Waals surface area contributed by atoms with E-state index in [0.29, 0.717) is 32.4 Å². The molecule has 0 aliphatic carbocycles. The summed E-state index contributed by atoms with van der Waals surface area (Å²) < 4.78 is 0. The van der Waals surface area contributed by atoms with E-state index in [1.165, 1.54) is 17.4 Å². The summed E-state index contributed by atoms with van der Waals surface area (Å²) in [6.45, 7) is 31.0. The SMILES string of the molecule is C=CCNC(=O)C(=O)CNC(=O)[C@@H]1CCCN1C(=O)[C@@H](NC(=O)N[C@H](CNCC)C(C)(C)C)C(C)(C)CC.CC.CC.CCC.CO.O. The normalized spacial score (nSPS) is 14.4. The maximum atomic E-state index is 13.8. The van der Waals surface area contributed by atoms with Crippen LogP contribution in [0.3, 0.4) is 0 Å². The summed E-state index contributed by atoms with van der Waals surface area (Å²) >= 11 is 0. The average Bonchev–Trinajstić information content (AvgIpc) is 3.55. The lowest BCUT2D eigenvalue weighted by molar-refractivity contribution is -0.142. The Kier molecular flexibility index (Phi) is 35.4. The molecule has 0 saturated carbocycles. The largest absolute Gasteiger partial charge is 0.412 e. The molecular weight excluding hydrogens is 616 g/mol. The van der Waals surface area contributed by atoms with Gasteiger partial charge in [0.1, 0.15) is 12.1 Å². The van der Waals surface area contributed by atoms with E-state index < -0.39 is 47.7 Å². The van der Waals surface area contributed by atoms with Gasteiger partial charge in [-0.3, -0.25) is 19.2 Å². The third-order valence-corrected chi connectivity index (χ3v) is 7.09. The molecule has 5 amide bonds. The summed E-state index contributed by atoms with van der Waals surface area (Å²) in [6.07, 6.45) is 4.34. The van der Waals surface area contributed by atoms with Crippen LogP contribution in [0.5, 0.6) is 0 Å². The number of nitrogens with one attached hydrogen (secondary N) is 5. The third kappa shape index (κ3) is 21.8. The Morgan fingerprint density at radius 3 is 1.88 bits per heavy atom. The van der Waals surface area contributed by atoms with E-state index in [9.17, 15) is 24.0 Å². The molecule has 1 heterocycles. The number of amides is 5. The van der Waals surface area contributed by atoms with E-state index >= 15 is 0 Å². The number of likely N-dealkylation sites (N-methyl/N-ethyl adjacent to an activating group) is 1. The van der Waals surface area contributed by atoms with Crippen LogP contribution in [0.25, 0.3) is 0 Å². The Labute approximate surface area is 292 Å². The molecule has 13 nitrogen and oxygen atoms in total. The van der Waals surface area contributed by atoms with Crippen LogP contribution in [0.4, 0.5) is 4.79 Å². The summed E-state index contributed by atoms with van der Waals surface area (Å²) in [6, 6.07) is -2.27. The number of likely N-dealkylation sites (tertiary alicyclic amines) is 1. The van der Waals surface area contributed by atoms with Gasteiger partial charge in [0.25, 0.3) is 5.91 Å². The number of hydrogen-bond donors (Lipinski definition) is 6. The molecule has 1 fully saturated rings. The van der Waals surface area contributed by atoms with Gasteiger partial charge in [-0.2, -0.15) is 0 Å². The standard InChI is InChI=1S/C27H48N6O5.C3H8.2C2H6.CH4O.H2O/c1-9-14-29-23(36)19(34)16-30-22(35)18-13-12-15-33(18)24(37)21(27(7,8)10-2)32-25(38)31-20(17-28-11-3)26(4,5)6;1-3-2;3*1-2;/h9,18,20-21,28H,1,10-17H2,2-8H3,(H,29,36)(H,30,35)(H2,31,32,38);3H2,1-2H3;2*1-2H3;2H,1H3;1H2/t18-,20+,21+;;;;;/m0...../s1. The zero-order chi connectivity index (χ0) is 37.8. The van der Waals surface area contributed by atoms with E-state index in [0.717, 1.165) is 13.7 Å². The van der Waals surface area contributed by atoms with Crippen molar-refractivity contribution in [3.63, 3.8) is 0 Å². The molecule has 0 bridgehead atoms. The second-order valence-electron chi connectivity index (χ2n) is 12.2. The second-order valence-corrected chi connectivity index (χ2v) is 12.2. The molecule has 48 heavy (non-hydrogen) atoms. The quantitative estimate of drug-likeness (QED) is 0.119. The van der Waals surface area contributed by atoms with Gasteiger partial charge >= 0.3 is 6.03 Å². The van der Waals surface area contributed by atoms with Crippen molar-refractivity contribution in [2.45, 2.75) is 134 Å². The van der Waals surface area contributed by atoms with Gasteiger partial charge in [-0.15, -0.1) is 6.58 Å². The van der Waals surface area contributed by atoms with Crippen molar-refractivity contribution in [1.29, 1.82) is 0 Å². The monoisotopic (exact) mass is 691 g/mol. The van der Waals surface area contributed by atoms with Gasteiger partial charge < -0.3 is 42.1 Å². The fourth-order valence-corrected chi connectivity index (χ4v) is 4.09. The van der Waals surface area contributed by atoms with Crippen molar-refractivity contribution < 1.29 is 34.6 Å². The fourth-order valence-electron chi connectivity index (χ4n) is 4.09. The number of aliphatic hydroxyl groups is 1. The van der Waals surface area contributed by atoms with E-state index in [-0.39, 0.29) is 29.4 Å². The molecule has 1 aliphatic heterocycles. The van der Waals surface area contributed by atoms with Crippen molar-refractivity contribution in [1.82, 2.24) is 31.5 Å². The molecule has 1 saturated heterocycles. The molecule has 0 radical (unpaired) electrons. The molecule has 0 aromatic heterocycles. The van der Waals surface area contributed by atoms with Crippen LogP contribution in [-0.4, -0.2) is 103 Å². The minimum atomic E-state index is -0.869. The van der Waals surface area contributed by atoms with Crippen LogP contribution in [0.15, 0.2) is 12.7 Å². The van der Waals surface area contributed by atoms with Crippen molar-refractivity contribution in [3.8, 4) is 0 Å². The predicted octanol–water partition coefficient (Wildman–Crippen LogP) is 3.35. The highest BCUT2D eigenvalue weighted by Crippen LogP contribution is 2.29. The summed E-state index contributed by atoms with van der Waals surface area (Å²) in [4.78, 5) is 65.0. The molecule has 1 aliphatic rings. The molecular formula is C35H74N6O7. The summed E-state index contributed by atoms with van der Waals surface area (Å²) in [7, 11) is 1.00. The number of carbonyl (C=O) groups is 5. The lowest BCUT2D eigenvalue weighted by Gasteiger charge is -2.38. The van der Waals surface area contributed by atoms with Crippen molar-refractivity contribution in [2.24, 2.45) is 10.8 Å². The maximum Gasteiger partial charge on any atom is 0.315 e. The molecule has 0 unspecified atom stereocenters. The van der Waals surface area contributed by atoms with Crippen molar-refractivity contribution in [2.75, 3.05) is 39.8 Å². The van der Waals surface area contributed by atoms with E-state index in [2.05, 4.69) is 47.0 Å². The van der Waals surface area contributed by atoms with Crippen LogP contribution < -0.4 is 26.6 Å². The first-order valence-corrected chi connectivity index (χ1v) is 17.3. The molecule has 3 atom stereocenters. The van der Waals surface area contributed by atoms with E-state index in [1.54, 1.807) is 0 Å². The summed E-state index contributed by atoms with van der Waals surface area (Å²) in [5.41, 5.74) is -0.798. The summed E-state index contributed by atoms with van der Waals surface area (Å²) in [5.74, 6) is -2.45. The molecule has 8 N–H and O–H groups in total. The number of rotatable bonds is 14. The molecule has 13 heteroatoms. The second kappa shape index (κ2) is 31.3. The van der Waals surface area contributed by atoms with Crippen LogP contribution in [0, 0.1) is 10.8 Å². The van der Waals surface area contributed by atoms with Crippen LogP contribution in [0.1, 0.15) is 116 Å². The Bertz CT molecular complexity index is 891. The lowest BCUT2D eigenvalue weighted by atomic mass is 9.81. The zero-order valence-corrected chi connectivity index (χ0v) is 32.8. The molecule has 1 rings (SSSR count). The minimum absolute atomic E-state index is 0. The first-order chi connectivity index (χ1) is 22.1. The number of hydrogen-bond acceptors (Lipinski definition) is 7. The van der Waals surface area contributed by atoms with Gasteiger partial charge in [0.05, 0.1) is 6.54 Å². The Balaban J connectivity index is -0.000000560. The first-order valence-electron chi connectivity index (χ1n) is 17.3. The Hall–Kier alpha value is -3.03. The zero-order valence-electron chi connectivity index (χ0n) is 32.8. The van der Waals surface area contributed by atoms with Gasteiger partial charge in [0.2, 0.25) is 17.6 Å². The van der Waals surface area contributed by atoms with Crippen LogP contribution in [0.2, 0.25) is 0 Å². The Morgan fingerprint density at radius 2 is 1.44 bits per heavy atom. The number of nitrogens with zero attached hydrogens (tertiary/aromatic N) is 1. The highest BCUT2D eigenvalue weighted by atomic mass is 16.2. The van der Waals surface area contributed by atoms with Gasteiger partial charge in [-0.1, -0.05) is 103 Å². The predicted molar refractivity (Wildman–Crippen MR) is 198 cm³/mol. The smallest absolute Gasteiger partial charge is 0.315 e. The lowest BCUT2D eigenvalue weighted by Crippen LogP contribution is -2.61. The number of urea groups is 1. The maximum absolute atomic E-state index is 13.8. The van der Waals surface area contributed by atoms with Crippen LogP contribution in [-0.2, 0) is 19.2 Å². The molecule has 0 aromatic carbocycles. The third-order valence-electron chi connectivity index (χ3n) is 7.09. The number of aliphatic hydroxyl groups excluding tert-OH is 1. The van der Waals surface area contributed by atoms with E-state index in [1.807, 2.05) is 76.2 Å². The molecule has 286 valence electrons. The van der Waals surface area contributed by atoms with Gasteiger partial charge in [-0.05, 0) is 36.6 Å². The topological polar surface area (TPSA) is 200 Å². The number of ketones is 1. The first kappa shape index (κ1) is 54.4. The number of carbonyl (C=O) groups excluding carboxylic acids is 5. The Morgan fingerprint density at radius 1 is 0.917 bits per heavy atom. The highest BCUT2D eigenvalue weighted by Gasteiger charge is 2.43. The van der Waals surface area contributed by atoms with Gasteiger partial charge in [-0.25, -0.2) is 4.79 Å². The van der Waals surface area contributed by atoms with Crippen molar-refractivity contribution in [3.05, 3.63) is 12.7 Å². The number of Topliss-reactive ketones (excluding diaryl/α,β-unsaturated/α-hetero) is 1. The average molecular weight is 691 g/mol. The van der Waals surface area contributed by atoms with E-state index in [4.69, 9.17) is 5.11 Å². The molecule has 0 spiro atoms. The summed E-state index contributed by atoms with van der Waals surface area (Å²) in [5, 5.41) is 21.0. The highest BCUT2D eigenvalue weighted by molar-refractivity contribution is 6.37. The minimum Gasteiger partial charge on any atom is -0.412 e. The fraction of sp³-hybridized carbons (Fsp3) is 0.800. The van der Waals surface area contributed by atoms with Gasteiger partial charge in [0, 0.05) is 32.8 Å². The van der Waals surface area contributed by atoms with Crippen LogP contribution >= 0.6 is 0 Å². The molecule has 0 aromatic rings.